The molecule has 1 aromatic heterocycles. The average Bonchev–Trinajstić information content (AvgIpc) is 2.38. The van der Waals surface area contributed by atoms with Crippen molar-refractivity contribution in [3.8, 4) is 0 Å². The maximum Gasteiger partial charge on any atom is 0.255 e. The van der Waals surface area contributed by atoms with Crippen LogP contribution in [0.3, 0.4) is 0 Å². The summed E-state index contributed by atoms with van der Waals surface area (Å²) in [4.78, 5) is 11.6. The summed E-state index contributed by atoms with van der Waals surface area (Å²) in [5.74, 6) is 1.34. The highest BCUT2D eigenvalue weighted by molar-refractivity contribution is 5.96. The SMILES string of the molecule is Cc1oc(C)c(C(=O)NCCN)c1C. The fourth-order valence-electron chi connectivity index (χ4n) is 1.40. The Bertz CT molecular complexity index is 342. The van der Waals surface area contributed by atoms with Crippen molar-refractivity contribution in [3.63, 3.8) is 0 Å². The van der Waals surface area contributed by atoms with Gasteiger partial charge in [-0.2, -0.15) is 0 Å². The Morgan fingerprint density at radius 2 is 2.00 bits per heavy atom. The molecule has 1 aromatic rings. The fourth-order valence-corrected chi connectivity index (χ4v) is 1.40. The molecule has 0 saturated carbocycles. The Morgan fingerprint density at radius 1 is 1.36 bits per heavy atom. The molecule has 0 saturated heterocycles. The quantitative estimate of drug-likeness (QED) is 0.754. The van der Waals surface area contributed by atoms with Gasteiger partial charge in [0.2, 0.25) is 0 Å². The Hall–Kier alpha value is -1.29. The molecule has 0 fully saturated rings. The number of hydrogen-bond donors (Lipinski definition) is 2. The van der Waals surface area contributed by atoms with Crippen LogP contribution in [0.2, 0.25) is 0 Å². The molecule has 1 heterocycles. The van der Waals surface area contributed by atoms with Gasteiger partial charge in [-0.3, -0.25) is 4.79 Å². The molecule has 1 rings (SSSR count). The monoisotopic (exact) mass is 196 g/mol. The number of rotatable bonds is 3. The zero-order valence-electron chi connectivity index (χ0n) is 8.81. The van der Waals surface area contributed by atoms with E-state index in [0.717, 1.165) is 11.3 Å². The van der Waals surface area contributed by atoms with E-state index in [1.807, 2.05) is 13.8 Å². The maximum atomic E-state index is 11.6. The zero-order chi connectivity index (χ0) is 10.7. The van der Waals surface area contributed by atoms with Crippen LogP contribution in [0.1, 0.15) is 27.4 Å². The van der Waals surface area contributed by atoms with Gasteiger partial charge in [0.15, 0.2) is 0 Å². The number of carbonyl (C=O) groups excluding carboxylic acids is 1. The number of carbonyl (C=O) groups is 1. The van der Waals surface area contributed by atoms with Crippen LogP contribution in [-0.2, 0) is 0 Å². The first-order chi connectivity index (χ1) is 6.57. The predicted octanol–water partition coefficient (Wildman–Crippen LogP) is 0.893. The molecule has 14 heavy (non-hydrogen) atoms. The Balaban J connectivity index is 2.89. The maximum absolute atomic E-state index is 11.6. The second-order valence-electron chi connectivity index (χ2n) is 3.26. The Morgan fingerprint density at radius 3 is 2.43 bits per heavy atom. The standard InChI is InChI=1S/C10H16N2O2/c1-6-7(2)14-8(3)9(6)10(13)12-5-4-11/h4-5,11H2,1-3H3,(H,12,13). The van der Waals surface area contributed by atoms with Crippen molar-refractivity contribution in [2.45, 2.75) is 20.8 Å². The lowest BCUT2D eigenvalue weighted by Crippen LogP contribution is -2.29. The molecule has 78 valence electrons. The highest BCUT2D eigenvalue weighted by atomic mass is 16.3. The lowest BCUT2D eigenvalue weighted by Gasteiger charge is -2.02. The van der Waals surface area contributed by atoms with E-state index in [2.05, 4.69) is 5.32 Å². The van der Waals surface area contributed by atoms with Gasteiger partial charge in [-0.1, -0.05) is 0 Å². The van der Waals surface area contributed by atoms with Crippen LogP contribution in [0.4, 0.5) is 0 Å². The van der Waals surface area contributed by atoms with Crippen LogP contribution < -0.4 is 11.1 Å². The minimum absolute atomic E-state index is 0.109. The minimum atomic E-state index is -0.109. The van der Waals surface area contributed by atoms with Crippen molar-refractivity contribution in [3.05, 3.63) is 22.6 Å². The third-order valence-electron chi connectivity index (χ3n) is 2.22. The van der Waals surface area contributed by atoms with Gasteiger partial charge in [-0.05, 0) is 20.8 Å². The lowest BCUT2D eigenvalue weighted by atomic mass is 10.1. The van der Waals surface area contributed by atoms with Gasteiger partial charge < -0.3 is 15.5 Å². The van der Waals surface area contributed by atoms with Crippen molar-refractivity contribution in [1.29, 1.82) is 0 Å². The van der Waals surface area contributed by atoms with Gasteiger partial charge in [0, 0.05) is 18.7 Å². The summed E-state index contributed by atoms with van der Waals surface area (Å²) in [6.45, 7) is 6.45. The zero-order valence-corrected chi connectivity index (χ0v) is 8.81. The van der Waals surface area contributed by atoms with Gasteiger partial charge in [0.25, 0.3) is 5.91 Å². The summed E-state index contributed by atoms with van der Waals surface area (Å²) in [5, 5.41) is 2.72. The third-order valence-corrected chi connectivity index (χ3v) is 2.22. The summed E-state index contributed by atoms with van der Waals surface area (Å²) < 4.78 is 5.35. The molecule has 0 aliphatic rings. The van der Waals surface area contributed by atoms with E-state index in [9.17, 15) is 4.79 Å². The normalized spacial score (nSPS) is 10.3. The highest BCUT2D eigenvalue weighted by Gasteiger charge is 2.17. The van der Waals surface area contributed by atoms with Gasteiger partial charge >= 0.3 is 0 Å². The van der Waals surface area contributed by atoms with Crippen molar-refractivity contribution >= 4 is 5.91 Å². The van der Waals surface area contributed by atoms with Crippen LogP contribution in [0, 0.1) is 20.8 Å². The van der Waals surface area contributed by atoms with E-state index < -0.39 is 0 Å². The van der Waals surface area contributed by atoms with E-state index >= 15 is 0 Å². The van der Waals surface area contributed by atoms with Crippen LogP contribution in [0.15, 0.2) is 4.42 Å². The van der Waals surface area contributed by atoms with Crippen molar-refractivity contribution in [2.24, 2.45) is 5.73 Å². The second-order valence-corrected chi connectivity index (χ2v) is 3.26. The summed E-state index contributed by atoms with van der Waals surface area (Å²) in [6.07, 6.45) is 0. The van der Waals surface area contributed by atoms with Gasteiger partial charge in [0.1, 0.15) is 11.5 Å². The van der Waals surface area contributed by atoms with Crippen molar-refractivity contribution in [2.75, 3.05) is 13.1 Å². The molecule has 0 aliphatic heterocycles. The largest absolute Gasteiger partial charge is 0.466 e. The molecule has 1 amide bonds. The van der Waals surface area contributed by atoms with Crippen LogP contribution >= 0.6 is 0 Å². The van der Waals surface area contributed by atoms with Gasteiger partial charge in [0.05, 0.1) is 5.56 Å². The summed E-state index contributed by atoms with van der Waals surface area (Å²) in [5.41, 5.74) is 6.83. The molecule has 4 heteroatoms. The molecular formula is C10H16N2O2. The first-order valence-electron chi connectivity index (χ1n) is 4.62. The molecule has 0 radical (unpaired) electrons. The molecule has 0 aromatic carbocycles. The number of hydrogen-bond acceptors (Lipinski definition) is 3. The predicted molar refractivity (Wildman–Crippen MR) is 54.3 cm³/mol. The number of nitrogens with two attached hydrogens (primary N) is 1. The number of nitrogens with one attached hydrogen (secondary N) is 1. The number of amides is 1. The van der Waals surface area contributed by atoms with Crippen LogP contribution in [-0.4, -0.2) is 19.0 Å². The van der Waals surface area contributed by atoms with E-state index in [0.29, 0.717) is 24.4 Å². The van der Waals surface area contributed by atoms with E-state index in [4.69, 9.17) is 10.2 Å². The molecular weight excluding hydrogens is 180 g/mol. The lowest BCUT2D eigenvalue weighted by molar-refractivity contribution is 0.0952. The van der Waals surface area contributed by atoms with Gasteiger partial charge in [-0.15, -0.1) is 0 Å². The van der Waals surface area contributed by atoms with E-state index in [1.54, 1.807) is 6.92 Å². The first kappa shape index (κ1) is 10.8. The van der Waals surface area contributed by atoms with Crippen LogP contribution in [0.25, 0.3) is 0 Å². The number of furan rings is 1. The second kappa shape index (κ2) is 4.28. The van der Waals surface area contributed by atoms with E-state index in [-0.39, 0.29) is 5.91 Å². The molecule has 4 nitrogen and oxygen atoms in total. The summed E-state index contributed by atoms with van der Waals surface area (Å²) in [6, 6.07) is 0. The minimum Gasteiger partial charge on any atom is -0.466 e. The topological polar surface area (TPSA) is 68.3 Å². The smallest absolute Gasteiger partial charge is 0.255 e. The summed E-state index contributed by atoms with van der Waals surface area (Å²) >= 11 is 0. The van der Waals surface area contributed by atoms with Crippen molar-refractivity contribution < 1.29 is 9.21 Å². The fraction of sp³-hybridized carbons (Fsp3) is 0.500. The molecule has 0 atom stereocenters. The molecule has 0 unspecified atom stereocenters. The van der Waals surface area contributed by atoms with Gasteiger partial charge in [-0.25, -0.2) is 0 Å². The molecule has 3 N–H and O–H groups in total. The van der Waals surface area contributed by atoms with Crippen molar-refractivity contribution in [1.82, 2.24) is 5.32 Å². The molecule has 0 spiro atoms. The Kier molecular flexibility index (Phi) is 3.30. The molecule has 0 aliphatic carbocycles. The number of aryl methyl sites for hydroxylation is 2. The van der Waals surface area contributed by atoms with Crippen LogP contribution in [0.5, 0.6) is 0 Å². The Labute approximate surface area is 83.5 Å². The third kappa shape index (κ3) is 1.96. The summed E-state index contributed by atoms with van der Waals surface area (Å²) in [7, 11) is 0. The highest BCUT2D eigenvalue weighted by Crippen LogP contribution is 2.20. The average molecular weight is 196 g/mol. The first-order valence-corrected chi connectivity index (χ1v) is 4.62. The van der Waals surface area contributed by atoms with E-state index in [1.165, 1.54) is 0 Å². The molecule has 0 bridgehead atoms.